The van der Waals surface area contributed by atoms with Gasteiger partial charge in [0.2, 0.25) is 0 Å². The van der Waals surface area contributed by atoms with Gasteiger partial charge in [0.25, 0.3) is 5.91 Å². The zero-order valence-electron chi connectivity index (χ0n) is 21.5. The van der Waals surface area contributed by atoms with Crippen molar-refractivity contribution in [2.75, 3.05) is 23.7 Å². The number of carbonyl (C=O) groups is 1. The van der Waals surface area contributed by atoms with E-state index in [-0.39, 0.29) is 39.7 Å². The lowest BCUT2D eigenvalue weighted by Gasteiger charge is -2.43. The SMILES string of the molecule is CCc1ncc2cc(S(=O)(=O)CC(C)(C)C)cc(N3[C@@H]4CC[C@H]3CN(C(=O)c3ccc(F)cc3Cl)C4)n12. The molecule has 2 saturated heterocycles. The zero-order valence-corrected chi connectivity index (χ0v) is 23.1. The molecule has 0 spiro atoms. The number of sulfone groups is 1. The Morgan fingerprint density at radius 3 is 2.41 bits per heavy atom. The maximum atomic E-state index is 13.5. The van der Waals surface area contributed by atoms with Crippen LogP contribution in [0.1, 0.15) is 56.7 Å². The molecule has 0 N–H and O–H groups in total. The van der Waals surface area contributed by atoms with Gasteiger partial charge in [0.15, 0.2) is 9.84 Å². The molecule has 0 unspecified atom stereocenters. The van der Waals surface area contributed by atoms with Gasteiger partial charge in [-0.3, -0.25) is 9.20 Å². The second-order valence-electron chi connectivity index (χ2n) is 11.3. The molecule has 5 rings (SSSR count). The quantitative estimate of drug-likeness (QED) is 0.450. The van der Waals surface area contributed by atoms with Crippen LogP contribution in [0.3, 0.4) is 0 Å². The van der Waals surface area contributed by atoms with Crippen LogP contribution in [0, 0.1) is 11.2 Å². The van der Waals surface area contributed by atoms with E-state index in [9.17, 15) is 17.6 Å². The summed E-state index contributed by atoms with van der Waals surface area (Å²) in [6.07, 6.45) is 4.19. The molecule has 2 aliphatic rings. The summed E-state index contributed by atoms with van der Waals surface area (Å²) in [7, 11) is -3.53. The Bertz CT molecular complexity index is 1470. The fraction of sp³-hybridized carbons (Fsp3) is 0.481. The molecule has 0 aliphatic carbocycles. The summed E-state index contributed by atoms with van der Waals surface area (Å²) in [6, 6.07) is 7.36. The first-order valence-corrected chi connectivity index (χ1v) is 14.7. The number of imidazole rings is 1. The highest BCUT2D eigenvalue weighted by molar-refractivity contribution is 7.91. The van der Waals surface area contributed by atoms with Gasteiger partial charge in [-0.2, -0.15) is 0 Å². The number of likely N-dealkylation sites (tertiary alicyclic amines) is 1. The van der Waals surface area contributed by atoms with E-state index in [0.29, 0.717) is 24.4 Å². The normalized spacial score (nSPS) is 20.2. The van der Waals surface area contributed by atoms with Crippen LogP contribution >= 0.6 is 11.6 Å². The number of pyridine rings is 1. The van der Waals surface area contributed by atoms with Crippen LogP contribution in [0.2, 0.25) is 5.02 Å². The van der Waals surface area contributed by atoms with Crippen molar-refractivity contribution < 1.29 is 17.6 Å². The number of nitrogens with zero attached hydrogens (tertiary/aromatic N) is 4. The lowest BCUT2D eigenvalue weighted by Crippen LogP contribution is -2.56. The molecule has 0 radical (unpaired) electrons. The van der Waals surface area contributed by atoms with Crippen molar-refractivity contribution in [3.8, 4) is 0 Å². The van der Waals surface area contributed by atoms with Crippen LogP contribution in [0.5, 0.6) is 0 Å². The van der Waals surface area contributed by atoms with Gasteiger partial charge in [-0.1, -0.05) is 39.3 Å². The predicted molar refractivity (Wildman–Crippen MR) is 143 cm³/mol. The number of hydrogen-bond acceptors (Lipinski definition) is 5. The number of halogens is 2. The summed E-state index contributed by atoms with van der Waals surface area (Å²) in [4.78, 5) is 22.2. The van der Waals surface area contributed by atoms with E-state index in [4.69, 9.17) is 11.6 Å². The van der Waals surface area contributed by atoms with Crippen LogP contribution in [0.15, 0.2) is 41.4 Å². The molecule has 2 fully saturated rings. The average molecular weight is 547 g/mol. The van der Waals surface area contributed by atoms with Crippen molar-refractivity contribution in [3.63, 3.8) is 0 Å². The van der Waals surface area contributed by atoms with Gasteiger partial charge >= 0.3 is 0 Å². The second-order valence-corrected chi connectivity index (χ2v) is 13.7. The number of anilines is 1. The smallest absolute Gasteiger partial charge is 0.255 e. The van der Waals surface area contributed by atoms with Crippen molar-refractivity contribution in [2.24, 2.45) is 5.41 Å². The molecule has 1 aromatic carbocycles. The molecule has 0 saturated carbocycles. The van der Waals surface area contributed by atoms with Gasteiger partial charge in [0.1, 0.15) is 17.5 Å². The first-order chi connectivity index (χ1) is 17.4. The molecular formula is C27H32ClFN4O3S. The van der Waals surface area contributed by atoms with Gasteiger partial charge in [-0.25, -0.2) is 17.8 Å². The van der Waals surface area contributed by atoms with Crippen molar-refractivity contribution in [1.82, 2.24) is 14.3 Å². The fourth-order valence-corrected chi connectivity index (χ4v) is 7.84. The minimum absolute atomic E-state index is 0.0119. The third kappa shape index (κ3) is 4.83. The van der Waals surface area contributed by atoms with Crippen molar-refractivity contribution in [3.05, 3.63) is 58.8 Å². The van der Waals surface area contributed by atoms with Crippen LogP contribution < -0.4 is 4.90 Å². The molecule has 198 valence electrons. The largest absolute Gasteiger partial charge is 0.348 e. The number of amides is 1. The molecule has 3 aromatic rings. The third-order valence-corrected chi connectivity index (χ3v) is 9.66. The Morgan fingerprint density at radius 1 is 1.14 bits per heavy atom. The Hall–Kier alpha value is -2.65. The predicted octanol–water partition coefficient (Wildman–Crippen LogP) is 5.00. The van der Waals surface area contributed by atoms with Crippen LogP contribution in [-0.2, 0) is 16.3 Å². The molecular weight excluding hydrogens is 515 g/mol. The van der Waals surface area contributed by atoms with Crippen molar-refractivity contribution in [1.29, 1.82) is 0 Å². The van der Waals surface area contributed by atoms with E-state index in [0.717, 1.165) is 36.1 Å². The lowest BCUT2D eigenvalue weighted by atomic mass is 10.0. The van der Waals surface area contributed by atoms with Gasteiger partial charge < -0.3 is 9.80 Å². The number of piperazine rings is 1. The summed E-state index contributed by atoms with van der Waals surface area (Å²) in [5, 5.41) is 0.101. The maximum absolute atomic E-state index is 13.5. The number of aromatic nitrogens is 2. The van der Waals surface area contributed by atoms with Gasteiger partial charge in [-0.05, 0) is 48.6 Å². The van der Waals surface area contributed by atoms with Gasteiger partial charge in [-0.15, -0.1) is 0 Å². The Morgan fingerprint density at radius 2 is 1.81 bits per heavy atom. The van der Waals surface area contributed by atoms with E-state index >= 15 is 0 Å². The van der Waals surface area contributed by atoms with Gasteiger partial charge in [0.05, 0.1) is 32.9 Å². The number of carbonyl (C=O) groups excluding carboxylic acids is 1. The summed E-state index contributed by atoms with van der Waals surface area (Å²) in [5.74, 6) is 1.01. The van der Waals surface area contributed by atoms with E-state index in [1.165, 1.54) is 12.1 Å². The first-order valence-electron chi connectivity index (χ1n) is 12.6. The zero-order chi connectivity index (χ0) is 26.7. The van der Waals surface area contributed by atoms with Crippen LogP contribution in [0.25, 0.3) is 5.52 Å². The monoisotopic (exact) mass is 546 g/mol. The summed E-state index contributed by atoms with van der Waals surface area (Å²) < 4.78 is 42.4. The topological polar surface area (TPSA) is 75.0 Å². The second kappa shape index (κ2) is 9.27. The fourth-order valence-electron chi connectivity index (χ4n) is 5.70. The molecule has 2 bridgehead atoms. The first kappa shape index (κ1) is 26.0. The molecule has 4 heterocycles. The lowest BCUT2D eigenvalue weighted by molar-refractivity contribution is 0.0717. The molecule has 7 nitrogen and oxygen atoms in total. The van der Waals surface area contributed by atoms with E-state index in [1.54, 1.807) is 23.2 Å². The van der Waals surface area contributed by atoms with E-state index in [2.05, 4.69) is 14.3 Å². The number of fused-ring (bicyclic) bond motifs is 3. The molecule has 2 atom stereocenters. The standard InChI is InChI=1S/C27H32ClFN4O3S/c1-5-24-30-13-20-11-21(37(35,36)16-27(2,3)4)12-25(33(20)24)32-18-7-8-19(32)15-31(14-18)26(34)22-9-6-17(29)10-23(22)28/h6,9-13,18-19H,5,7-8,14-16H2,1-4H3/t18-,19+. The maximum Gasteiger partial charge on any atom is 0.255 e. The van der Waals surface area contributed by atoms with E-state index < -0.39 is 15.7 Å². The highest BCUT2D eigenvalue weighted by Gasteiger charge is 2.43. The minimum atomic E-state index is -3.53. The number of aryl methyl sites for hydroxylation is 1. The van der Waals surface area contributed by atoms with Crippen LogP contribution in [-0.4, -0.2) is 59.5 Å². The van der Waals surface area contributed by atoms with E-state index in [1.807, 2.05) is 27.7 Å². The third-order valence-electron chi connectivity index (χ3n) is 7.15. The Labute approximate surface area is 222 Å². The minimum Gasteiger partial charge on any atom is -0.348 e. The van der Waals surface area contributed by atoms with Gasteiger partial charge in [0, 0.05) is 31.6 Å². The molecule has 2 aromatic heterocycles. The summed E-state index contributed by atoms with van der Waals surface area (Å²) in [6.45, 7) is 8.73. The number of benzene rings is 1. The molecule has 2 aliphatic heterocycles. The van der Waals surface area contributed by atoms with Crippen molar-refractivity contribution in [2.45, 2.75) is 63.9 Å². The van der Waals surface area contributed by atoms with Crippen LogP contribution in [0.4, 0.5) is 10.2 Å². The molecule has 1 amide bonds. The Kier molecular flexibility index (Phi) is 6.51. The molecule has 10 heteroatoms. The number of hydrogen-bond donors (Lipinski definition) is 0. The molecule has 37 heavy (non-hydrogen) atoms. The highest BCUT2D eigenvalue weighted by Crippen LogP contribution is 2.38. The summed E-state index contributed by atoms with van der Waals surface area (Å²) >= 11 is 6.18. The van der Waals surface area contributed by atoms with Crippen molar-refractivity contribution >= 4 is 38.7 Å². The average Bonchev–Trinajstić information content (AvgIpc) is 3.34. The highest BCUT2D eigenvalue weighted by atomic mass is 35.5. The number of rotatable bonds is 5. The summed E-state index contributed by atoms with van der Waals surface area (Å²) in [5.41, 5.74) is 0.654. The Balaban J connectivity index is 1.53.